The SMILES string of the molecule is Cc1ccc(C2CCC[NH2+]C2)cc1.[Cl-]. The van der Waals surface area contributed by atoms with E-state index in [2.05, 4.69) is 36.5 Å². The molecule has 0 aliphatic carbocycles. The molecule has 2 N–H and O–H groups in total. The maximum Gasteiger partial charge on any atom is 0.0825 e. The van der Waals surface area contributed by atoms with E-state index in [0.717, 1.165) is 5.92 Å². The van der Waals surface area contributed by atoms with Crippen LogP contribution < -0.4 is 17.7 Å². The molecule has 78 valence electrons. The van der Waals surface area contributed by atoms with Crippen molar-refractivity contribution >= 4 is 0 Å². The molecule has 1 atom stereocenters. The molecule has 0 aromatic heterocycles. The first-order valence-corrected chi connectivity index (χ1v) is 5.24. The largest absolute Gasteiger partial charge is 1.00 e. The summed E-state index contributed by atoms with van der Waals surface area (Å²) in [5, 5.41) is 2.44. The smallest absolute Gasteiger partial charge is 0.0825 e. The predicted molar refractivity (Wildman–Crippen MR) is 54.8 cm³/mol. The highest BCUT2D eigenvalue weighted by atomic mass is 35.5. The summed E-state index contributed by atoms with van der Waals surface area (Å²) in [5.74, 6) is 0.800. The molecule has 1 unspecified atom stereocenters. The Labute approximate surface area is 92.3 Å². The van der Waals surface area contributed by atoms with Crippen LogP contribution in [-0.4, -0.2) is 13.1 Å². The maximum absolute atomic E-state index is 2.44. The van der Waals surface area contributed by atoms with Gasteiger partial charge in [-0.3, -0.25) is 0 Å². The Morgan fingerprint density at radius 2 is 1.93 bits per heavy atom. The molecule has 2 rings (SSSR count). The predicted octanol–water partition coefficient (Wildman–Crippen LogP) is -1.56. The van der Waals surface area contributed by atoms with Crippen LogP contribution in [0.25, 0.3) is 0 Å². The number of rotatable bonds is 1. The van der Waals surface area contributed by atoms with Crippen LogP contribution in [-0.2, 0) is 0 Å². The standard InChI is InChI=1S/C12H17N.ClH/c1-10-4-6-11(7-5-10)12-3-2-8-13-9-12;/h4-7,12-13H,2-3,8-9H2,1H3;1H. The van der Waals surface area contributed by atoms with Gasteiger partial charge in [0.05, 0.1) is 13.1 Å². The van der Waals surface area contributed by atoms with Gasteiger partial charge >= 0.3 is 0 Å². The molecular formula is C12H18ClN. The quantitative estimate of drug-likeness (QED) is 0.579. The highest BCUT2D eigenvalue weighted by Crippen LogP contribution is 2.21. The molecule has 0 amide bonds. The second-order valence-electron chi connectivity index (χ2n) is 4.06. The van der Waals surface area contributed by atoms with Gasteiger partial charge < -0.3 is 17.7 Å². The summed E-state index contributed by atoms with van der Waals surface area (Å²) in [6, 6.07) is 9.03. The fourth-order valence-corrected chi connectivity index (χ4v) is 2.09. The van der Waals surface area contributed by atoms with E-state index < -0.39 is 0 Å². The third-order valence-electron chi connectivity index (χ3n) is 2.96. The minimum absolute atomic E-state index is 0. The van der Waals surface area contributed by atoms with Crippen LogP contribution in [0.15, 0.2) is 24.3 Å². The van der Waals surface area contributed by atoms with Crippen molar-refractivity contribution in [3.05, 3.63) is 35.4 Å². The molecule has 0 saturated carbocycles. The number of benzene rings is 1. The average molecular weight is 212 g/mol. The highest BCUT2D eigenvalue weighted by molar-refractivity contribution is 5.24. The minimum atomic E-state index is 0. The van der Waals surface area contributed by atoms with E-state index in [1.165, 1.54) is 37.1 Å². The first kappa shape index (κ1) is 11.5. The van der Waals surface area contributed by atoms with Crippen LogP contribution in [0, 0.1) is 6.92 Å². The van der Waals surface area contributed by atoms with E-state index in [9.17, 15) is 0 Å². The van der Waals surface area contributed by atoms with Crippen molar-refractivity contribution in [1.29, 1.82) is 0 Å². The van der Waals surface area contributed by atoms with Crippen LogP contribution in [0.4, 0.5) is 0 Å². The fourth-order valence-electron chi connectivity index (χ4n) is 2.09. The van der Waals surface area contributed by atoms with Gasteiger partial charge in [-0.25, -0.2) is 0 Å². The summed E-state index contributed by atoms with van der Waals surface area (Å²) >= 11 is 0. The lowest BCUT2D eigenvalue weighted by Gasteiger charge is -2.20. The lowest BCUT2D eigenvalue weighted by atomic mass is 9.91. The van der Waals surface area contributed by atoms with E-state index in [-0.39, 0.29) is 12.4 Å². The molecule has 0 spiro atoms. The summed E-state index contributed by atoms with van der Waals surface area (Å²) in [5.41, 5.74) is 2.89. The number of nitrogens with two attached hydrogens (primary N) is 1. The third-order valence-corrected chi connectivity index (χ3v) is 2.96. The lowest BCUT2D eigenvalue weighted by molar-refractivity contribution is -0.664. The lowest BCUT2D eigenvalue weighted by Crippen LogP contribution is -3.00. The zero-order valence-corrected chi connectivity index (χ0v) is 9.43. The number of quaternary nitrogens is 1. The van der Waals surface area contributed by atoms with Gasteiger partial charge in [0, 0.05) is 5.92 Å². The van der Waals surface area contributed by atoms with Gasteiger partial charge in [0.25, 0.3) is 0 Å². The summed E-state index contributed by atoms with van der Waals surface area (Å²) in [6.07, 6.45) is 2.75. The van der Waals surface area contributed by atoms with Crippen LogP contribution in [0.5, 0.6) is 0 Å². The van der Waals surface area contributed by atoms with Crippen LogP contribution in [0.3, 0.4) is 0 Å². The van der Waals surface area contributed by atoms with Gasteiger partial charge in [-0.15, -0.1) is 0 Å². The molecule has 2 heteroatoms. The van der Waals surface area contributed by atoms with Crippen molar-refractivity contribution < 1.29 is 17.7 Å². The van der Waals surface area contributed by atoms with Gasteiger partial charge in [0.1, 0.15) is 0 Å². The van der Waals surface area contributed by atoms with E-state index >= 15 is 0 Å². The van der Waals surface area contributed by atoms with Crippen molar-refractivity contribution in [2.24, 2.45) is 0 Å². The molecule has 1 heterocycles. The molecule has 1 aromatic carbocycles. The number of aryl methyl sites for hydroxylation is 1. The summed E-state index contributed by atoms with van der Waals surface area (Å²) < 4.78 is 0. The summed E-state index contributed by atoms with van der Waals surface area (Å²) in [7, 11) is 0. The van der Waals surface area contributed by atoms with Crippen molar-refractivity contribution in [3.63, 3.8) is 0 Å². The van der Waals surface area contributed by atoms with Gasteiger partial charge in [-0.2, -0.15) is 0 Å². The third kappa shape index (κ3) is 2.73. The fraction of sp³-hybridized carbons (Fsp3) is 0.500. The van der Waals surface area contributed by atoms with Gasteiger partial charge in [0.2, 0.25) is 0 Å². The molecule has 0 radical (unpaired) electrons. The second-order valence-corrected chi connectivity index (χ2v) is 4.06. The molecular weight excluding hydrogens is 194 g/mol. The molecule has 1 saturated heterocycles. The number of piperidine rings is 1. The molecule has 1 aromatic rings. The van der Waals surface area contributed by atoms with E-state index in [1.54, 1.807) is 0 Å². The monoisotopic (exact) mass is 211 g/mol. The molecule has 1 aliphatic heterocycles. The zero-order chi connectivity index (χ0) is 9.10. The van der Waals surface area contributed by atoms with E-state index in [0.29, 0.717) is 0 Å². The molecule has 1 fully saturated rings. The zero-order valence-electron chi connectivity index (χ0n) is 8.67. The van der Waals surface area contributed by atoms with Gasteiger partial charge in [-0.1, -0.05) is 29.8 Å². The number of hydrogen-bond donors (Lipinski definition) is 1. The topological polar surface area (TPSA) is 16.6 Å². The van der Waals surface area contributed by atoms with Crippen LogP contribution in [0.1, 0.15) is 29.9 Å². The maximum atomic E-state index is 2.44. The molecule has 14 heavy (non-hydrogen) atoms. The van der Waals surface area contributed by atoms with Crippen molar-refractivity contribution in [2.45, 2.75) is 25.7 Å². The van der Waals surface area contributed by atoms with Gasteiger partial charge in [-0.05, 0) is 25.3 Å². The van der Waals surface area contributed by atoms with Gasteiger partial charge in [0.15, 0.2) is 0 Å². The number of hydrogen-bond acceptors (Lipinski definition) is 0. The molecule has 1 nitrogen and oxygen atoms in total. The first-order chi connectivity index (χ1) is 6.36. The van der Waals surface area contributed by atoms with Crippen molar-refractivity contribution in [2.75, 3.05) is 13.1 Å². The second kappa shape index (κ2) is 5.38. The Bertz CT molecular complexity index is 262. The highest BCUT2D eigenvalue weighted by Gasteiger charge is 2.16. The van der Waals surface area contributed by atoms with E-state index in [1.807, 2.05) is 0 Å². The summed E-state index contributed by atoms with van der Waals surface area (Å²) in [6.45, 7) is 4.75. The van der Waals surface area contributed by atoms with E-state index in [4.69, 9.17) is 0 Å². The Kier molecular flexibility index (Phi) is 4.43. The Morgan fingerprint density at radius 1 is 1.21 bits per heavy atom. The Hall–Kier alpha value is -0.530. The normalized spacial score (nSPS) is 21.4. The average Bonchev–Trinajstić information content (AvgIpc) is 2.20. The van der Waals surface area contributed by atoms with Crippen molar-refractivity contribution in [3.8, 4) is 0 Å². The minimum Gasteiger partial charge on any atom is -1.00 e. The summed E-state index contributed by atoms with van der Waals surface area (Å²) in [4.78, 5) is 0. The Balaban J connectivity index is 0.000000980. The van der Waals surface area contributed by atoms with Crippen molar-refractivity contribution in [1.82, 2.24) is 0 Å². The molecule has 0 bridgehead atoms. The van der Waals surface area contributed by atoms with Crippen LogP contribution in [0.2, 0.25) is 0 Å². The molecule has 1 aliphatic rings. The number of halogens is 1. The first-order valence-electron chi connectivity index (χ1n) is 5.24. The Morgan fingerprint density at radius 3 is 2.50 bits per heavy atom. The van der Waals surface area contributed by atoms with Crippen LogP contribution >= 0.6 is 0 Å².